The second-order valence-corrected chi connectivity index (χ2v) is 8.85. The number of nitrogens with zero attached hydrogens (tertiary/aromatic N) is 2. The molecule has 1 N–H and O–H groups in total. The number of para-hydroxylation sites is 1. The van der Waals surface area contributed by atoms with Gasteiger partial charge in [-0.05, 0) is 60.5 Å². The average Bonchev–Trinajstić information content (AvgIpc) is 2.85. The van der Waals surface area contributed by atoms with Crippen molar-refractivity contribution in [2.45, 2.75) is 18.1 Å². The van der Waals surface area contributed by atoms with Gasteiger partial charge in [-0.3, -0.25) is 14.5 Å². The largest absolute Gasteiger partial charge is 0.497 e. The van der Waals surface area contributed by atoms with Crippen LogP contribution in [0.3, 0.4) is 0 Å². The van der Waals surface area contributed by atoms with Crippen LogP contribution >= 0.6 is 11.8 Å². The maximum atomic E-state index is 13.2. The first-order chi connectivity index (χ1) is 16.5. The molecule has 1 heterocycles. The number of methoxy groups -OCH3 is 1. The van der Waals surface area contributed by atoms with Gasteiger partial charge >= 0.3 is 0 Å². The lowest BCUT2D eigenvalue weighted by Crippen LogP contribution is -2.46. The molecular formula is C26H24FN3O3S. The molecule has 3 aromatic rings. The first-order valence-corrected chi connectivity index (χ1v) is 11.7. The van der Waals surface area contributed by atoms with Crippen molar-refractivity contribution in [2.24, 2.45) is 4.99 Å². The minimum Gasteiger partial charge on any atom is -0.497 e. The van der Waals surface area contributed by atoms with Gasteiger partial charge < -0.3 is 10.1 Å². The summed E-state index contributed by atoms with van der Waals surface area (Å²) in [6.45, 7) is 0.441. The summed E-state index contributed by atoms with van der Waals surface area (Å²) in [5.41, 5.74) is 2.24. The van der Waals surface area contributed by atoms with Crippen molar-refractivity contribution in [3.8, 4) is 5.75 Å². The number of nitrogens with one attached hydrogen (secondary N) is 1. The fourth-order valence-corrected chi connectivity index (χ4v) is 4.59. The number of halogens is 1. The summed E-state index contributed by atoms with van der Waals surface area (Å²) in [6, 6.07) is 22.6. The highest BCUT2D eigenvalue weighted by molar-refractivity contribution is 8.15. The Balaban J connectivity index is 1.51. The van der Waals surface area contributed by atoms with Crippen molar-refractivity contribution in [3.63, 3.8) is 0 Å². The van der Waals surface area contributed by atoms with Crippen LogP contribution < -0.4 is 10.1 Å². The van der Waals surface area contributed by atoms with E-state index in [2.05, 4.69) is 10.3 Å². The van der Waals surface area contributed by atoms with Crippen LogP contribution in [0, 0.1) is 5.82 Å². The number of thioether (sulfide) groups is 1. The first-order valence-electron chi connectivity index (χ1n) is 10.8. The molecule has 0 spiro atoms. The first kappa shape index (κ1) is 23.5. The Morgan fingerprint density at radius 1 is 1.09 bits per heavy atom. The van der Waals surface area contributed by atoms with Gasteiger partial charge in [0.1, 0.15) is 16.8 Å². The topological polar surface area (TPSA) is 71.0 Å². The molecule has 0 aromatic heterocycles. The Hall–Kier alpha value is -3.65. The smallest absolute Gasteiger partial charge is 0.238 e. The van der Waals surface area contributed by atoms with E-state index in [1.54, 1.807) is 12.0 Å². The molecular weight excluding hydrogens is 453 g/mol. The lowest BCUT2D eigenvalue weighted by molar-refractivity contribution is -0.129. The lowest BCUT2D eigenvalue weighted by atomic mass is 10.1. The highest BCUT2D eigenvalue weighted by Gasteiger charge is 2.35. The van der Waals surface area contributed by atoms with Crippen molar-refractivity contribution in [1.82, 2.24) is 4.90 Å². The number of hydrogen-bond acceptors (Lipinski definition) is 5. The Morgan fingerprint density at radius 3 is 2.47 bits per heavy atom. The predicted octanol–water partition coefficient (Wildman–Crippen LogP) is 5.04. The van der Waals surface area contributed by atoms with E-state index in [1.165, 1.54) is 36.0 Å². The fourth-order valence-electron chi connectivity index (χ4n) is 3.46. The number of rotatable bonds is 7. The second kappa shape index (κ2) is 11.0. The highest BCUT2D eigenvalue weighted by atomic mass is 32.2. The van der Waals surface area contributed by atoms with E-state index in [1.807, 2.05) is 54.6 Å². The van der Waals surface area contributed by atoms with E-state index in [-0.39, 0.29) is 24.1 Å². The third kappa shape index (κ3) is 6.02. The average molecular weight is 478 g/mol. The van der Waals surface area contributed by atoms with Gasteiger partial charge in [-0.2, -0.15) is 0 Å². The molecule has 8 heteroatoms. The van der Waals surface area contributed by atoms with Crippen LogP contribution in [-0.2, 0) is 16.0 Å². The zero-order valence-electron chi connectivity index (χ0n) is 18.6. The molecule has 1 saturated heterocycles. The lowest BCUT2D eigenvalue weighted by Gasteiger charge is -2.32. The van der Waals surface area contributed by atoms with Crippen LogP contribution in [0.1, 0.15) is 12.0 Å². The molecule has 6 nitrogen and oxygen atoms in total. The molecule has 1 aliphatic rings. The number of amides is 2. The summed E-state index contributed by atoms with van der Waals surface area (Å²) >= 11 is 1.26. The third-order valence-corrected chi connectivity index (χ3v) is 6.50. The summed E-state index contributed by atoms with van der Waals surface area (Å²) in [6.07, 6.45) is 0.685. The summed E-state index contributed by atoms with van der Waals surface area (Å²) < 4.78 is 18.4. The molecule has 34 heavy (non-hydrogen) atoms. The third-order valence-electron chi connectivity index (χ3n) is 5.31. The molecule has 1 atom stereocenters. The SMILES string of the molecule is COc1ccc(CCN2C(=O)C[C@H](C(=O)Nc3ccc(F)cc3)SC2=Nc2ccccc2)cc1. The van der Waals surface area contributed by atoms with Crippen LogP contribution in [0.15, 0.2) is 83.9 Å². The summed E-state index contributed by atoms with van der Waals surface area (Å²) in [7, 11) is 1.62. The van der Waals surface area contributed by atoms with Crippen LogP contribution in [0.5, 0.6) is 5.75 Å². The van der Waals surface area contributed by atoms with E-state index in [0.717, 1.165) is 11.3 Å². The number of hydrogen-bond donors (Lipinski definition) is 1. The van der Waals surface area contributed by atoms with E-state index in [4.69, 9.17) is 4.74 Å². The summed E-state index contributed by atoms with van der Waals surface area (Å²) in [4.78, 5) is 32.3. The van der Waals surface area contributed by atoms with E-state index >= 15 is 0 Å². The van der Waals surface area contributed by atoms with Crippen LogP contribution in [0.2, 0.25) is 0 Å². The molecule has 0 radical (unpaired) electrons. The van der Waals surface area contributed by atoms with E-state index in [9.17, 15) is 14.0 Å². The molecule has 4 rings (SSSR count). The van der Waals surface area contributed by atoms with E-state index < -0.39 is 5.25 Å². The maximum Gasteiger partial charge on any atom is 0.238 e. The summed E-state index contributed by atoms with van der Waals surface area (Å²) in [5, 5.41) is 2.60. The van der Waals surface area contributed by atoms with Gasteiger partial charge in [0.25, 0.3) is 0 Å². The zero-order chi connectivity index (χ0) is 23.9. The molecule has 3 aromatic carbocycles. The van der Waals surface area contributed by atoms with Crippen molar-refractivity contribution >= 4 is 40.1 Å². The number of carbonyl (C=O) groups is 2. The second-order valence-electron chi connectivity index (χ2n) is 7.68. The molecule has 1 fully saturated rings. The minimum absolute atomic E-state index is 0.0497. The Kier molecular flexibility index (Phi) is 7.59. The number of ether oxygens (including phenoxy) is 1. The number of aliphatic imine (C=N–C) groups is 1. The highest BCUT2D eigenvalue weighted by Crippen LogP contribution is 2.30. The molecule has 0 unspecified atom stereocenters. The van der Waals surface area contributed by atoms with Gasteiger partial charge in [-0.1, -0.05) is 42.1 Å². The number of anilines is 1. The zero-order valence-corrected chi connectivity index (χ0v) is 19.4. The maximum absolute atomic E-state index is 13.2. The molecule has 0 saturated carbocycles. The standard InChI is InChI=1S/C26H24FN3O3S/c1-33-22-13-7-18(8-14-22)15-16-30-24(31)17-23(25(32)28-21-11-9-19(27)10-12-21)34-26(30)29-20-5-3-2-4-6-20/h2-14,23H,15-17H2,1H3,(H,28,32)/t23-/m1/s1. The predicted molar refractivity (Wildman–Crippen MR) is 133 cm³/mol. The Labute approximate surface area is 201 Å². The quantitative estimate of drug-likeness (QED) is 0.518. The van der Waals surface area contributed by atoms with Crippen molar-refractivity contribution < 1.29 is 18.7 Å². The van der Waals surface area contributed by atoms with Crippen molar-refractivity contribution in [2.75, 3.05) is 19.0 Å². The van der Waals surface area contributed by atoms with Gasteiger partial charge in [-0.15, -0.1) is 0 Å². The van der Waals surface area contributed by atoms with Crippen molar-refractivity contribution in [3.05, 3.63) is 90.2 Å². The van der Waals surface area contributed by atoms with Gasteiger partial charge in [-0.25, -0.2) is 9.38 Å². The van der Waals surface area contributed by atoms with Crippen LogP contribution in [-0.4, -0.2) is 40.8 Å². The molecule has 0 aliphatic carbocycles. The molecule has 174 valence electrons. The van der Waals surface area contributed by atoms with Crippen molar-refractivity contribution in [1.29, 1.82) is 0 Å². The Bertz CT molecular complexity index is 1170. The van der Waals surface area contributed by atoms with Crippen LogP contribution in [0.25, 0.3) is 0 Å². The van der Waals surface area contributed by atoms with Gasteiger partial charge in [0.2, 0.25) is 11.8 Å². The van der Waals surface area contributed by atoms with Gasteiger partial charge in [0.15, 0.2) is 5.17 Å². The van der Waals surface area contributed by atoms with Crippen LogP contribution in [0.4, 0.5) is 15.8 Å². The number of carbonyl (C=O) groups excluding carboxylic acids is 2. The minimum atomic E-state index is -0.641. The number of amidine groups is 1. The van der Waals surface area contributed by atoms with Gasteiger partial charge in [0, 0.05) is 18.7 Å². The van der Waals surface area contributed by atoms with E-state index in [0.29, 0.717) is 29.5 Å². The molecule has 2 amide bonds. The van der Waals surface area contributed by atoms with Gasteiger partial charge in [0.05, 0.1) is 12.8 Å². The monoisotopic (exact) mass is 477 g/mol. The Morgan fingerprint density at radius 2 is 1.79 bits per heavy atom. The fraction of sp³-hybridized carbons (Fsp3) is 0.192. The summed E-state index contributed by atoms with van der Waals surface area (Å²) in [5.74, 6) is -0.0959. The molecule has 1 aliphatic heterocycles. The number of benzene rings is 3. The normalized spacial score (nSPS) is 17.0. The molecule has 0 bridgehead atoms.